The first kappa shape index (κ1) is 24.3. The summed E-state index contributed by atoms with van der Waals surface area (Å²) in [5, 5.41) is 6.39. The fraction of sp³-hybridized carbons (Fsp3) is 0.667. The Morgan fingerprint density at radius 1 is 1.45 bits per heavy atom. The lowest BCUT2D eigenvalue weighted by molar-refractivity contribution is -0.137. The van der Waals surface area contributed by atoms with Crippen LogP contribution < -0.4 is 15.4 Å². The lowest BCUT2D eigenvalue weighted by Gasteiger charge is -2.54. The van der Waals surface area contributed by atoms with Crippen LogP contribution in [-0.4, -0.2) is 49.9 Å². The van der Waals surface area contributed by atoms with Crippen molar-refractivity contribution >= 4 is 41.5 Å². The van der Waals surface area contributed by atoms with E-state index in [4.69, 9.17) is 21.1 Å². The topological polar surface area (TPSA) is 67.8 Å². The number of nitrogens with one attached hydrogen (secondary N) is 2. The molecule has 29 heavy (non-hydrogen) atoms. The van der Waals surface area contributed by atoms with Crippen LogP contribution in [0.3, 0.4) is 0 Å². The minimum atomic E-state index is -4.49. The zero-order valence-electron chi connectivity index (χ0n) is 16.3. The van der Waals surface area contributed by atoms with E-state index >= 15 is 0 Å². The van der Waals surface area contributed by atoms with E-state index in [0.29, 0.717) is 24.6 Å². The summed E-state index contributed by atoms with van der Waals surface area (Å²) in [6.45, 7) is 5.69. The van der Waals surface area contributed by atoms with Gasteiger partial charge in [0.15, 0.2) is 5.96 Å². The Morgan fingerprint density at radius 3 is 2.79 bits per heavy atom. The van der Waals surface area contributed by atoms with E-state index in [1.165, 1.54) is 0 Å². The van der Waals surface area contributed by atoms with E-state index in [-0.39, 0.29) is 59.0 Å². The standard InChI is InChI=1S/C18H24ClF3N4O2.HI/c1-17(2)13(11-4-6-27-14(11)17)26-16(23-3)24-5-7-28-15-12(19)8-10(9-25-15)18(20,21)22;/h8-9,11,13-14H,4-7H2,1-3H3,(H2,23,24,26);1H. The molecule has 3 rings (SSSR count). The number of nitrogens with zero attached hydrogens (tertiary/aromatic N) is 2. The Labute approximate surface area is 190 Å². The predicted octanol–water partition coefficient (Wildman–Crippen LogP) is 3.73. The molecule has 0 spiro atoms. The number of ether oxygens (including phenoxy) is 2. The maximum Gasteiger partial charge on any atom is 0.417 e. The highest BCUT2D eigenvalue weighted by Gasteiger charge is 2.59. The Morgan fingerprint density at radius 2 is 2.17 bits per heavy atom. The monoisotopic (exact) mass is 548 g/mol. The van der Waals surface area contributed by atoms with Crippen molar-refractivity contribution in [2.75, 3.05) is 26.8 Å². The number of pyridine rings is 1. The van der Waals surface area contributed by atoms with Gasteiger partial charge in [0.25, 0.3) is 0 Å². The first-order valence-corrected chi connectivity index (χ1v) is 9.46. The molecule has 2 heterocycles. The number of guanidine groups is 1. The zero-order chi connectivity index (χ0) is 20.5. The number of aromatic nitrogens is 1. The van der Waals surface area contributed by atoms with Gasteiger partial charge in [-0.15, -0.1) is 24.0 Å². The van der Waals surface area contributed by atoms with Crippen LogP contribution in [0.5, 0.6) is 5.88 Å². The molecule has 1 aliphatic heterocycles. The highest BCUT2D eigenvalue weighted by atomic mass is 127. The van der Waals surface area contributed by atoms with Gasteiger partial charge >= 0.3 is 6.18 Å². The predicted molar refractivity (Wildman–Crippen MR) is 115 cm³/mol. The number of fused-ring (bicyclic) bond motifs is 1. The lowest BCUT2D eigenvalue weighted by Crippen LogP contribution is -2.68. The molecule has 3 atom stereocenters. The van der Waals surface area contributed by atoms with Crippen molar-refractivity contribution in [1.29, 1.82) is 0 Å². The molecule has 6 nitrogen and oxygen atoms in total. The third-order valence-electron chi connectivity index (χ3n) is 5.38. The molecule has 1 saturated carbocycles. The fourth-order valence-electron chi connectivity index (χ4n) is 3.96. The quantitative estimate of drug-likeness (QED) is 0.254. The van der Waals surface area contributed by atoms with Gasteiger partial charge in [0.2, 0.25) is 5.88 Å². The normalized spacial score (nSPS) is 25.5. The number of alkyl halides is 3. The van der Waals surface area contributed by atoms with Crippen LogP contribution in [-0.2, 0) is 10.9 Å². The SMILES string of the molecule is CN=C(NCCOc1ncc(C(F)(F)F)cc1Cl)NC1C2CCOC2C1(C)C.I. The molecule has 2 aliphatic rings. The fourth-order valence-corrected chi connectivity index (χ4v) is 4.18. The second-order valence-electron chi connectivity index (χ2n) is 7.54. The maximum absolute atomic E-state index is 12.6. The van der Waals surface area contributed by atoms with E-state index in [2.05, 4.69) is 34.5 Å². The smallest absolute Gasteiger partial charge is 0.417 e. The van der Waals surface area contributed by atoms with Crippen molar-refractivity contribution < 1.29 is 22.6 Å². The molecule has 2 N–H and O–H groups in total. The van der Waals surface area contributed by atoms with Crippen molar-refractivity contribution in [3.63, 3.8) is 0 Å². The Hall–Kier alpha value is -1.01. The molecule has 1 aromatic rings. The minimum absolute atomic E-state index is 0. The highest BCUT2D eigenvalue weighted by molar-refractivity contribution is 14.0. The minimum Gasteiger partial charge on any atom is -0.475 e. The van der Waals surface area contributed by atoms with Gasteiger partial charge in [-0.1, -0.05) is 25.4 Å². The van der Waals surface area contributed by atoms with Gasteiger partial charge in [0, 0.05) is 37.2 Å². The molecule has 1 aliphatic carbocycles. The molecule has 1 saturated heterocycles. The summed E-state index contributed by atoms with van der Waals surface area (Å²) in [7, 11) is 1.68. The molecule has 164 valence electrons. The van der Waals surface area contributed by atoms with Gasteiger partial charge in [-0.3, -0.25) is 4.99 Å². The molecule has 3 unspecified atom stereocenters. The van der Waals surface area contributed by atoms with Crippen LogP contribution in [0.25, 0.3) is 0 Å². The van der Waals surface area contributed by atoms with Gasteiger partial charge in [-0.25, -0.2) is 4.98 Å². The van der Waals surface area contributed by atoms with Crippen LogP contribution in [0.1, 0.15) is 25.8 Å². The summed E-state index contributed by atoms with van der Waals surface area (Å²) in [6, 6.07) is 1.06. The first-order chi connectivity index (χ1) is 13.1. The summed E-state index contributed by atoms with van der Waals surface area (Å²) in [5.41, 5.74) is -0.891. The van der Waals surface area contributed by atoms with Gasteiger partial charge in [0.1, 0.15) is 11.6 Å². The summed E-state index contributed by atoms with van der Waals surface area (Å²) >= 11 is 5.83. The van der Waals surface area contributed by atoms with Gasteiger partial charge < -0.3 is 20.1 Å². The van der Waals surface area contributed by atoms with Gasteiger partial charge in [-0.05, 0) is 12.5 Å². The van der Waals surface area contributed by atoms with Crippen LogP contribution in [0.2, 0.25) is 5.02 Å². The molecular formula is C18H25ClF3IN4O2. The average molecular weight is 549 g/mol. The Bertz CT molecular complexity index is 748. The lowest BCUT2D eigenvalue weighted by atomic mass is 9.57. The molecule has 1 aromatic heterocycles. The number of aliphatic imine (C=N–C) groups is 1. The first-order valence-electron chi connectivity index (χ1n) is 9.09. The van der Waals surface area contributed by atoms with Crippen LogP contribution in [0.15, 0.2) is 17.3 Å². The summed E-state index contributed by atoms with van der Waals surface area (Å²) < 4.78 is 49.1. The van der Waals surface area contributed by atoms with Crippen molar-refractivity contribution in [2.24, 2.45) is 16.3 Å². The number of halogens is 5. The largest absolute Gasteiger partial charge is 0.475 e. The maximum atomic E-state index is 12.6. The number of hydrogen-bond acceptors (Lipinski definition) is 4. The van der Waals surface area contributed by atoms with E-state index in [0.717, 1.165) is 19.1 Å². The van der Waals surface area contributed by atoms with Crippen LogP contribution >= 0.6 is 35.6 Å². The van der Waals surface area contributed by atoms with E-state index in [1.54, 1.807) is 7.05 Å². The van der Waals surface area contributed by atoms with Crippen molar-refractivity contribution in [1.82, 2.24) is 15.6 Å². The molecule has 0 aromatic carbocycles. The second kappa shape index (κ2) is 9.42. The number of hydrogen-bond donors (Lipinski definition) is 2. The summed E-state index contributed by atoms with van der Waals surface area (Å²) in [4.78, 5) is 7.87. The third kappa shape index (κ3) is 5.19. The highest BCUT2D eigenvalue weighted by Crippen LogP contribution is 2.52. The number of rotatable bonds is 5. The van der Waals surface area contributed by atoms with E-state index < -0.39 is 11.7 Å². The molecule has 0 radical (unpaired) electrons. The van der Waals surface area contributed by atoms with Crippen molar-refractivity contribution in [3.8, 4) is 5.88 Å². The van der Waals surface area contributed by atoms with Crippen LogP contribution in [0, 0.1) is 11.3 Å². The summed E-state index contributed by atoms with van der Waals surface area (Å²) in [6.07, 6.45) is -2.48. The van der Waals surface area contributed by atoms with Gasteiger partial charge in [-0.2, -0.15) is 13.2 Å². The average Bonchev–Trinajstić information content (AvgIpc) is 3.08. The Kier molecular flexibility index (Phi) is 7.88. The molecule has 0 bridgehead atoms. The molecule has 11 heteroatoms. The second-order valence-corrected chi connectivity index (χ2v) is 7.95. The zero-order valence-corrected chi connectivity index (χ0v) is 19.4. The van der Waals surface area contributed by atoms with Crippen LogP contribution in [0.4, 0.5) is 13.2 Å². The van der Waals surface area contributed by atoms with Crippen molar-refractivity contribution in [3.05, 3.63) is 22.8 Å². The molecular weight excluding hydrogens is 524 g/mol. The summed E-state index contributed by atoms with van der Waals surface area (Å²) in [5.74, 6) is 1.07. The van der Waals surface area contributed by atoms with Gasteiger partial charge in [0.05, 0.1) is 18.2 Å². The molecule has 0 amide bonds. The van der Waals surface area contributed by atoms with E-state index in [9.17, 15) is 13.2 Å². The molecule has 2 fully saturated rings. The van der Waals surface area contributed by atoms with E-state index in [1.807, 2.05) is 0 Å². The Balaban J connectivity index is 0.00000300. The van der Waals surface area contributed by atoms with Crippen molar-refractivity contribution in [2.45, 2.75) is 38.6 Å². The third-order valence-corrected chi connectivity index (χ3v) is 5.66.